The molecule has 0 aliphatic carbocycles. The van der Waals surface area contributed by atoms with Crippen molar-refractivity contribution < 1.29 is 4.52 Å². The number of halogens is 2. The molecule has 27 heavy (non-hydrogen) atoms. The van der Waals surface area contributed by atoms with Crippen molar-refractivity contribution in [3.63, 3.8) is 0 Å². The number of rotatable bonds is 7. The van der Waals surface area contributed by atoms with Crippen LogP contribution in [-0.4, -0.2) is 42.6 Å². The molecule has 0 bridgehead atoms. The fraction of sp³-hybridized carbons (Fsp3) is 0.368. The van der Waals surface area contributed by atoms with E-state index in [1.165, 1.54) is 5.56 Å². The van der Waals surface area contributed by atoms with Crippen molar-refractivity contribution >= 4 is 45.8 Å². The average Bonchev–Trinajstić information content (AvgIpc) is 2.72. The van der Waals surface area contributed by atoms with Crippen molar-refractivity contribution in [1.29, 1.82) is 5.26 Å². The van der Waals surface area contributed by atoms with E-state index in [0.29, 0.717) is 23.6 Å². The van der Waals surface area contributed by atoms with Gasteiger partial charge in [0.1, 0.15) is 0 Å². The Bertz CT molecular complexity index is 791. The van der Waals surface area contributed by atoms with Gasteiger partial charge in [-0.2, -0.15) is 5.26 Å². The van der Waals surface area contributed by atoms with Gasteiger partial charge in [0.2, 0.25) is 0 Å². The third-order valence-electron chi connectivity index (χ3n) is 4.67. The van der Waals surface area contributed by atoms with Crippen molar-refractivity contribution in [2.75, 3.05) is 37.6 Å². The van der Waals surface area contributed by atoms with E-state index in [9.17, 15) is 0 Å². The van der Waals surface area contributed by atoms with Gasteiger partial charge in [0.25, 0.3) is 0 Å². The molecule has 3 rings (SSSR count). The first-order valence-electron chi connectivity index (χ1n) is 8.78. The molecule has 0 N–H and O–H groups in total. The zero-order valence-electron chi connectivity index (χ0n) is 14.9. The number of pyridine rings is 1. The van der Waals surface area contributed by atoms with Crippen LogP contribution in [0.25, 0.3) is 0 Å². The fourth-order valence-electron chi connectivity index (χ4n) is 3.12. The standard InChI is InChI=1S/C19H21ClIN4OP/c20-18-11-16(12-22)2-4-19(18)25-9-7-24(8-10-25)6-5-15-1-3-17(23-13-15)14-26-27-21/h1-4,11,13,27H,5-10,14H2. The summed E-state index contributed by atoms with van der Waals surface area (Å²) in [7, 11) is 0. The van der Waals surface area contributed by atoms with Gasteiger partial charge in [-0.25, -0.2) is 0 Å². The summed E-state index contributed by atoms with van der Waals surface area (Å²) in [6, 6.07) is 11.8. The summed E-state index contributed by atoms with van der Waals surface area (Å²) in [6.45, 7) is 5.98. The van der Waals surface area contributed by atoms with Crippen molar-refractivity contribution in [3.05, 3.63) is 58.4 Å². The molecule has 8 heteroatoms. The quantitative estimate of drug-likeness (QED) is 0.404. The number of nitriles is 1. The molecule has 1 aromatic carbocycles. The molecular weight excluding hydrogens is 494 g/mol. The summed E-state index contributed by atoms with van der Waals surface area (Å²) in [6.07, 6.45) is 2.96. The molecule has 0 spiro atoms. The van der Waals surface area contributed by atoms with E-state index in [1.54, 1.807) is 6.07 Å². The summed E-state index contributed by atoms with van der Waals surface area (Å²) >= 11 is 8.56. The minimum atomic E-state index is 0.466. The number of aromatic nitrogens is 1. The van der Waals surface area contributed by atoms with Crippen LogP contribution in [0.1, 0.15) is 16.8 Å². The second-order valence-electron chi connectivity index (χ2n) is 6.38. The number of piperazine rings is 1. The normalized spacial score (nSPS) is 15.4. The first-order valence-corrected chi connectivity index (χ1v) is 13.2. The van der Waals surface area contributed by atoms with Gasteiger partial charge >= 0.3 is 0 Å². The van der Waals surface area contributed by atoms with E-state index < -0.39 is 0 Å². The first kappa shape index (κ1) is 20.8. The van der Waals surface area contributed by atoms with E-state index in [4.69, 9.17) is 21.4 Å². The Morgan fingerprint density at radius 3 is 2.67 bits per heavy atom. The predicted octanol–water partition coefficient (Wildman–Crippen LogP) is 4.43. The summed E-state index contributed by atoms with van der Waals surface area (Å²) in [4.78, 5) is 9.24. The number of benzene rings is 1. The number of anilines is 1. The summed E-state index contributed by atoms with van der Waals surface area (Å²) in [5.41, 5.74) is 3.86. The van der Waals surface area contributed by atoms with Gasteiger partial charge in [-0.15, -0.1) is 0 Å². The monoisotopic (exact) mass is 514 g/mol. The maximum absolute atomic E-state index is 8.96. The minimum Gasteiger partial charge on any atom is -0.368 e. The highest BCUT2D eigenvalue weighted by molar-refractivity contribution is 14.2. The van der Waals surface area contributed by atoms with Crippen molar-refractivity contribution in [2.24, 2.45) is 0 Å². The van der Waals surface area contributed by atoms with Gasteiger partial charge in [0, 0.05) is 38.9 Å². The largest absolute Gasteiger partial charge is 0.368 e. The molecular formula is C19H21ClIN4OP. The highest BCUT2D eigenvalue weighted by Gasteiger charge is 2.19. The molecule has 1 saturated heterocycles. The van der Waals surface area contributed by atoms with Crippen molar-refractivity contribution in [1.82, 2.24) is 9.88 Å². The fourth-order valence-corrected chi connectivity index (χ4v) is 4.09. The summed E-state index contributed by atoms with van der Waals surface area (Å²) < 4.78 is 5.40. The summed E-state index contributed by atoms with van der Waals surface area (Å²) in [5, 5.41) is 9.62. The van der Waals surface area contributed by atoms with Crippen LogP contribution in [0.5, 0.6) is 0 Å². The van der Waals surface area contributed by atoms with Crippen LogP contribution in [0.15, 0.2) is 36.5 Å². The van der Waals surface area contributed by atoms with Crippen LogP contribution < -0.4 is 4.90 Å². The molecule has 2 aromatic rings. The second kappa shape index (κ2) is 10.5. The Kier molecular flexibility index (Phi) is 8.10. The predicted molar refractivity (Wildman–Crippen MR) is 120 cm³/mol. The maximum Gasteiger partial charge on any atom is 0.0992 e. The zero-order chi connectivity index (χ0) is 19.1. The Balaban J connectivity index is 1.46. The Labute approximate surface area is 180 Å². The Morgan fingerprint density at radius 1 is 1.22 bits per heavy atom. The lowest BCUT2D eigenvalue weighted by Crippen LogP contribution is -2.47. The van der Waals surface area contributed by atoms with Crippen molar-refractivity contribution in [2.45, 2.75) is 13.0 Å². The smallest absolute Gasteiger partial charge is 0.0992 e. The lowest BCUT2D eigenvalue weighted by Gasteiger charge is -2.36. The zero-order valence-corrected chi connectivity index (χ0v) is 18.8. The van der Waals surface area contributed by atoms with Crippen LogP contribution >= 0.6 is 40.1 Å². The van der Waals surface area contributed by atoms with E-state index in [-0.39, 0.29) is 0 Å². The third kappa shape index (κ3) is 6.00. The molecule has 1 atom stereocenters. The Morgan fingerprint density at radius 2 is 2.04 bits per heavy atom. The highest BCUT2D eigenvalue weighted by Crippen LogP contribution is 2.27. The molecule has 0 saturated carbocycles. The molecule has 1 unspecified atom stereocenters. The second-order valence-corrected chi connectivity index (χ2v) is 8.55. The van der Waals surface area contributed by atoms with E-state index >= 15 is 0 Å². The molecule has 1 aliphatic rings. The van der Waals surface area contributed by atoms with E-state index in [2.05, 4.69) is 55.0 Å². The van der Waals surface area contributed by atoms with Gasteiger partial charge in [0.15, 0.2) is 0 Å². The molecule has 2 heterocycles. The Hall–Kier alpha value is -0.970. The van der Waals surface area contributed by atoms with Crippen molar-refractivity contribution in [3.8, 4) is 6.07 Å². The van der Waals surface area contributed by atoms with Crippen LogP contribution in [0, 0.1) is 11.3 Å². The van der Waals surface area contributed by atoms with Crippen LogP contribution in [0.3, 0.4) is 0 Å². The van der Waals surface area contributed by atoms with Gasteiger partial charge in [-0.3, -0.25) is 9.88 Å². The van der Waals surface area contributed by atoms with Gasteiger partial charge < -0.3 is 9.42 Å². The molecule has 142 valence electrons. The van der Waals surface area contributed by atoms with Crippen LogP contribution in [0.2, 0.25) is 5.02 Å². The molecule has 1 aromatic heterocycles. The van der Waals surface area contributed by atoms with E-state index in [1.807, 2.05) is 18.3 Å². The molecule has 5 nitrogen and oxygen atoms in total. The van der Waals surface area contributed by atoms with Gasteiger partial charge in [0.05, 0.1) is 41.1 Å². The number of nitrogens with zero attached hydrogens (tertiary/aromatic N) is 4. The number of hydrogen-bond donors (Lipinski definition) is 0. The SMILES string of the molecule is N#Cc1ccc(N2CCN(CCc3ccc(COPI)nc3)CC2)c(Cl)c1. The average molecular weight is 515 g/mol. The lowest BCUT2D eigenvalue weighted by atomic mass is 10.1. The molecule has 0 radical (unpaired) electrons. The lowest BCUT2D eigenvalue weighted by molar-refractivity contribution is 0.261. The minimum absolute atomic E-state index is 0.466. The topological polar surface area (TPSA) is 52.4 Å². The van der Waals surface area contributed by atoms with Crippen LogP contribution in [-0.2, 0) is 17.6 Å². The molecule has 0 amide bonds. The first-order chi connectivity index (χ1) is 13.2. The van der Waals surface area contributed by atoms with Crippen LogP contribution in [0.4, 0.5) is 5.69 Å². The maximum atomic E-state index is 8.96. The van der Waals surface area contributed by atoms with Gasteiger partial charge in [-0.1, -0.05) is 17.7 Å². The highest BCUT2D eigenvalue weighted by atomic mass is 127. The van der Waals surface area contributed by atoms with E-state index in [0.717, 1.165) is 50.5 Å². The molecule has 1 aliphatic heterocycles. The number of hydrogen-bond acceptors (Lipinski definition) is 5. The van der Waals surface area contributed by atoms with Gasteiger partial charge in [-0.05, 0) is 58.3 Å². The third-order valence-corrected chi connectivity index (χ3v) is 6.16. The molecule has 1 fully saturated rings. The summed E-state index contributed by atoms with van der Waals surface area (Å²) in [5.74, 6) is 0.